The van der Waals surface area contributed by atoms with Crippen molar-refractivity contribution in [3.05, 3.63) is 51.8 Å². The lowest BCUT2D eigenvalue weighted by Crippen LogP contribution is -2.05. The second-order valence-electron chi connectivity index (χ2n) is 4.41. The minimum Gasteiger partial charge on any atom is -0.245 e. The molecular weight excluding hydrogens is 335 g/mol. The Morgan fingerprint density at radius 1 is 1.15 bits per heavy atom. The smallest absolute Gasteiger partial charge is 0.217 e. The molecule has 1 aliphatic heterocycles. The minimum atomic E-state index is -1.47. The lowest BCUT2D eigenvalue weighted by Gasteiger charge is -2.08. The molecule has 0 atom stereocenters. The Bertz CT molecular complexity index is 709. The van der Waals surface area contributed by atoms with E-state index in [0.717, 1.165) is 12.5 Å². The van der Waals surface area contributed by atoms with Gasteiger partial charge in [0.25, 0.3) is 0 Å². The normalized spacial score (nSPS) is 14.7. The Morgan fingerprint density at radius 3 is 2.75 bits per heavy atom. The maximum absolute atomic E-state index is 14.0. The molecule has 7 heteroatoms. The van der Waals surface area contributed by atoms with Gasteiger partial charge in [-0.25, -0.2) is 22.8 Å². The second-order valence-corrected chi connectivity index (χ2v) is 5.12. The summed E-state index contributed by atoms with van der Waals surface area (Å²) in [5.41, 5.74) is 0.420. The fourth-order valence-corrected chi connectivity index (χ4v) is 2.57. The number of fused-ring (bicyclic) bond motifs is 1. The third kappa shape index (κ3) is 2.15. The van der Waals surface area contributed by atoms with Crippen LogP contribution in [0.3, 0.4) is 0 Å². The summed E-state index contributed by atoms with van der Waals surface area (Å²) in [5, 5.41) is 4.15. The van der Waals surface area contributed by atoms with Crippen molar-refractivity contribution < 1.29 is 13.2 Å². The van der Waals surface area contributed by atoms with Gasteiger partial charge in [0.15, 0.2) is 23.3 Å². The molecule has 3 rings (SSSR count). The van der Waals surface area contributed by atoms with Crippen LogP contribution in [0.2, 0.25) is 0 Å². The molecule has 2 aromatic rings. The molecule has 0 N–H and O–H groups in total. The van der Waals surface area contributed by atoms with Crippen LogP contribution in [0, 0.1) is 17.5 Å². The van der Waals surface area contributed by atoms with Gasteiger partial charge in [0.05, 0.1) is 0 Å². The first-order chi connectivity index (χ1) is 9.58. The average molecular weight is 344 g/mol. The van der Waals surface area contributed by atoms with Crippen LogP contribution >= 0.6 is 15.9 Å². The van der Waals surface area contributed by atoms with E-state index >= 15 is 0 Å². The van der Waals surface area contributed by atoms with Crippen molar-refractivity contribution in [3.8, 4) is 0 Å². The third-order valence-corrected chi connectivity index (χ3v) is 3.47. The Balaban J connectivity index is 2.19. The van der Waals surface area contributed by atoms with Gasteiger partial charge in [0.2, 0.25) is 4.73 Å². The monoisotopic (exact) mass is 343 g/mol. The summed E-state index contributed by atoms with van der Waals surface area (Å²) in [5.74, 6) is -3.44. The van der Waals surface area contributed by atoms with Gasteiger partial charge in [0, 0.05) is 17.7 Å². The number of aromatic nitrogens is 3. The van der Waals surface area contributed by atoms with Crippen molar-refractivity contribution in [2.75, 3.05) is 0 Å². The van der Waals surface area contributed by atoms with Gasteiger partial charge in [-0.2, -0.15) is 0 Å². The highest BCUT2D eigenvalue weighted by molar-refractivity contribution is 9.10. The van der Waals surface area contributed by atoms with Crippen molar-refractivity contribution in [1.29, 1.82) is 0 Å². The first kappa shape index (κ1) is 13.4. The van der Waals surface area contributed by atoms with Gasteiger partial charge in [-0.15, -0.1) is 5.10 Å². The van der Waals surface area contributed by atoms with Crippen molar-refractivity contribution in [2.45, 2.75) is 19.4 Å². The quantitative estimate of drug-likeness (QED) is 0.739. The van der Waals surface area contributed by atoms with Gasteiger partial charge in [-0.05, 0) is 40.9 Å². The van der Waals surface area contributed by atoms with Crippen molar-refractivity contribution in [3.63, 3.8) is 0 Å². The molecule has 0 amide bonds. The summed E-state index contributed by atoms with van der Waals surface area (Å²) in [6, 6.07) is 2.13. The zero-order chi connectivity index (χ0) is 14.3. The van der Waals surface area contributed by atoms with E-state index in [9.17, 15) is 13.2 Å². The maximum atomic E-state index is 14.0. The fraction of sp³-hybridized carbons (Fsp3) is 0.231. The molecule has 0 spiro atoms. The number of rotatable bonds is 1. The van der Waals surface area contributed by atoms with Crippen molar-refractivity contribution >= 4 is 21.5 Å². The number of hydrogen-bond donors (Lipinski definition) is 0. The van der Waals surface area contributed by atoms with Crippen LogP contribution in [0.5, 0.6) is 0 Å². The van der Waals surface area contributed by atoms with Crippen LogP contribution in [0.1, 0.15) is 24.2 Å². The maximum Gasteiger partial charge on any atom is 0.217 e. The van der Waals surface area contributed by atoms with Crippen molar-refractivity contribution in [1.82, 2.24) is 14.8 Å². The van der Waals surface area contributed by atoms with Crippen LogP contribution in [-0.2, 0) is 6.54 Å². The van der Waals surface area contributed by atoms with Crippen LogP contribution in [-0.4, -0.2) is 14.8 Å². The fourth-order valence-electron chi connectivity index (χ4n) is 2.21. The van der Waals surface area contributed by atoms with Crippen LogP contribution in [0.25, 0.3) is 5.57 Å². The number of aryl methyl sites for hydroxylation is 1. The molecule has 0 saturated heterocycles. The average Bonchev–Trinajstić information content (AvgIpc) is 2.68. The van der Waals surface area contributed by atoms with Crippen LogP contribution in [0.15, 0.2) is 22.9 Å². The summed E-state index contributed by atoms with van der Waals surface area (Å²) in [6.45, 7) is 0.638. The molecule has 0 bridgehead atoms. The molecule has 0 saturated carbocycles. The molecule has 1 aromatic carbocycles. The highest BCUT2D eigenvalue weighted by atomic mass is 79.9. The van der Waals surface area contributed by atoms with E-state index in [2.05, 4.69) is 26.0 Å². The zero-order valence-corrected chi connectivity index (χ0v) is 11.8. The summed E-state index contributed by atoms with van der Waals surface area (Å²) in [6.07, 6.45) is 3.28. The highest BCUT2D eigenvalue weighted by Crippen LogP contribution is 2.30. The highest BCUT2D eigenvalue weighted by Gasteiger charge is 2.22. The third-order valence-electron chi connectivity index (χ3n) is 3.13. The van der Waals surface area contributed by atoms with Gasteiger partial charge in [-0.3, -0.25) is 0 Å². The molecule has 0 radical (unpaired) electrons. The number of benzene rings is 1. The Kier molecular flexibility index (Phi) is 3.37. The lowest BCUT2D eigenvalue weighted by molar-refractivity contribution is 0.445. The second kappa shape index (κ2) is 5.05. The molecule has 0 unspecified atom stereocenters. The summed E-state index contributed by atoms with van der Waals surface area (Å²) in [7, 11) is 0. The lowest BCUT2D eigenvalue weighted by atomic mass is 10.0. The van der Waals surface area contributed by atoms with Gasteiger partial charge in [0.1, 0.15) is 0 Å². The Labute approximate surface area is 121 Å². The van der Waals surface area contributed by atoms with E-state index in [4.69, 9.17) is 0 Å². The van der Waals surface area contributed by atoms with Gasteiger partial charge < -0.3 is 0 Å². The van der Waals surface area contributed by atoms with E-state index in [1.54, 1.807) is 10.8 Å². The molecule has 1 aromatic heterocycles. The molecule has 104 valence electrons. The SMILES string of the molecule is Fc1ccc(C2=CCCCn3nc(Br)nc32)c(F)c1F. The first-order valence-corrected chi connectivity index (χ1v) is 6.82. The van der Waals surface area contributed by atoms with E-state index in [-0.39, 0.29) is 5.56 Å². The molecule has 1 aliphatic rings. The number of nitrogens with zero attached hydrogens (tertiary/aromatic N) is 3. The molecule has 0 aliphatic carbocycles. The van der Waals surface area contributed by atoms with Crippen LogP contribution < -0.4 is 0 Å². The van der Waals surface area contributed by atoms with Gasteiger partial charge in [-0.1, -0.05) is 6.08 Å². The predicted octanol–water partition coefficient (Wildman–Crippen LogP) is 3.68. The van der Waals surface area contributed by atoms with E-state index < -0.39 is 17.5 Å². The van der Waals surface area contributed by atoms with Crippen molar-refractivity contribution in [2.24, 2.45) is 0 Å². The summed E-state index contributed by atoms with van der Waals surface area (Å²) >= 11 is 3.16. The topological polar surface area (TPSA) is 30.7 Å². The van der Waals surface area contributed by atoms with E-state index in [1.807, 2.05) is 0 Å². The largest absolute Gasteiger partial charge is 0.245 e. The molecule has 20 heavy (non-hydrogen) atoms. The predicted molar refractivity (Wildman–Crippen MR) is 70.4 cm³/mol. The van der Waals surface area contributed by atoms with Crippen LogP contribution in [0.4, 0.5) is 13.2 Å². The number of hydrogen-bond acceptors (Lipinski definition) is 2. The van der Waals surface area contributed by atoms with Gasteiger partial charge >= 0.3 is 0 Å². The summed E-state index contributed by atoms with van der Waals surface area (Å²) in [4.78, 5) is 4.18. The first-order valence-electron chi connectivity index (χ1n) is 6.02. The molecular formula is C13H9BrF3N3. The number of allylic oxidation sites excluding steroid dienone is 1. The Morgan fingerprint density at radius 2 is 1.95 bits per heavy atom. The number of halogens is 4. The minimum absolute atomic E-state index is 0.00745. The van der Waals surface area contributed by atoms with E-state index in [0.29, 0.717) is 29.1 Å². The van der Waals surface area contributed by atoms with E-state index in [1.165, 1.54) is 6.07 Å². The molecule has 2 heterocycles. The standard InChI is InChI=1S/C13H9BrF3N3/c14-13-18-12-8(3-1-2-6-20(12)19-13)7-4-5-9(15)11(17)10(7)16/h3-5H,1-2,6H2. The molecule has 0 fully saturated rings. The summed E-state index contributed by atoms with van der Waals surface area (Å²) < 4.78 is 42.4. The zero-order valence-electron chi connectivity index (χ0n) is 10.2. The Hall–Kier alpha value is -1.63. The molecule has 3 nitrogen and oxygen atoms in total.